The van der Waals surface area contributed by atoms with E-state index in [4.69, 9.17) is 16.3 Å². The molecule has 1 N–H and O–H groups in total. The Balaban J connectivity index is 2.09. The van der Waals surface area contributed by atoms with Gasteiger partial charge in [0.15, 0.2) is 11.6 Å². The van der Waals surface area contributed by atoms with Crippen molar-refractivity contribution in [2.75, 3.05) is 33.3 Å². The fourth-order valence-electron chi connectivity index (χ4n) is 3.34. The summed E-state index contributed by atoms with van der Waals surface area (Å²) in [5, 5.41) is 2.85. The van der Waals surface area contributed by atoms with Crippen LogP contribution in [0.4, 0.5) is 17.6 Å². The second-order valence-corrected chi connectivity index (χ2v) is 6.73. The molecule has 1 heterocycles. The summed E-state index contributed by atoms with van der Waals surface area (Å²) < 4.78 is 59.2. The Kier molecular flexibility index (Phi) is 5.93. The minimum absolute atomic E-state index is 0.0879. The van der Waals surface area contributed by atoms with Crippen LogP contribution in [0.5, 0.6) is 5.75 Å². The minimum atomic E-state index is -4.56. The molecule has 0 bridgehead atoms. The number of nitrogens with zero attached hydrogens (tertiary/aromatic N) is 1. The zero-order valence-electron chi connectivity index (χ0n) is 14.6. The van der Waals surface area contributed by atoms with Crippen molar-refractivity contribution in [2.24, 2.45) is 0 Å². The summed E-state index contributed by atoms with van der Waals surface area (Å²) >= 11 is 5.76. The highest BCUT2D eigenvalue weighted by molar-refractivity contribution is 6.31. The Morgan fingerprint density at radius 1 is 1.07 bits per heavy atom. The van der Waals surface area contributed by atoms with Crippen LogP contribution in [-0.4, -0.2) is 38.2 Å². The summed E-state index contributed by atoms with van der Waals surface area (Å²) in [6, 6.07) is 7.81. The van der Waals surface area contributed by atoms with E-state index in [-0.39, 0.29) is 10.8 Å². The van der Waals surface area contributed by atoms with Crippen molar-refractivity contribution in [3.63, 3.8) is 0 Å². The third-order valence-electron chi connectivity index (χ3n) is 4.62. The summed E-state index contributed by atoms with van der Waals surface area (Å²) in [6.45, 7) is 2.66. The Bertz CT molecular complexity index is 807. The molecule has 3 rings (SSSR count). The van der Waals surface area contributed by atoms with E-state index in [1.807, 2.05) is 4.90 Å². The van der Waals surface area contributed by atoms with Gasteiger partial charge in [-0.3, -0.25) is 4.90 Å². The van der Waals surface area contributed by atoms with Gasteiger partial charge in [-0.2, -0.15) is 13.2 Å². The van der Waals surface area contributed by atoms with Gasteiger partial charge in [0.05, 0.1) is 23.7 Å². The van der Waals surface area contributed by atoms with Crippen LogP contribution in [0.25, 0.3) is 0 Å². The molecule has 0 spiro atoms. The molecule has 2 aromatic rings. The van der Waals surface area contributed by atoms with E-state index in [0.29, 0.717) is 37.3 Å². The average molecular weight is 403 g/mol. The van der Waals surface area contributed by atoms with Gasteiger partial charge in [0, 0.05) is 26.2 Å². The molecule has 0 aromatic heterocycles. The number of hydrogen-bond acceptors (Lipinski definition) is 3. The van der Waals surface area contributed by atoms with E-state index in [1.54, 1.807) is 12.1 Å². The summed E-state index contributed by atoms with van der Waals surface area (Å²) in [5.74, 6) is -0.468. The topological polar surface area (TPSA) is 24.5 Å². The molecular weight excluding hydrogens is 384 g/mol. The van der Waals surface area contributed by atoms with E-state index in [2.05, 4.69) is 5.32 Å². The lowest BCUT2D eigenvalue weighted by Crippen LogP contribution is -2.45. The van der Waals surface area contributed by atoms with E-state index >= 15 is 0 Å². The van der Waals surface area contributed by atoms with E-state index < -0.39 is 23.6 Å². The molecule has 0 amide bonds. The zero-order valence-corrected chi connectivity index (χ0v) is 15.4. The number of alkyl halides is 3. The smallest absolute Gasteiger partial charge is 0.417 e. The van der Waals surface area contributed by atoms with Gasteiger partial charge in [-0.15, -0.1) is 0 Å². The van der Waals surface area contributed by atoms with Gasteiger partial charge in [0.25, 0.3) is 0 Å². The fourth-order valence-corrected chi connectivity index (χ4v) is 3.56. The predicted octanol–water partition coefficient (Wildman–Crippen LogP) is 4.50. The molecule has 27 heavy (non-hydrogen) atoms. The summed E-state index contributed by atoms with van der Waals surface area (Å²) in [7, 11) is 1.36. The van der Waals surface area contributed by atoms with Gasteiger partial charge in [-0.05, 0) is 35.4 Å². The standard InChI is InChI=1S/C19H19ClF4N2O/c1-27-17-5-3-13(11-16(17)21)18(26-8-6-25-7-9-26)12-2-4-15(20)14(10-12)19(22,23)24/h2-5,10-11,18,25H,6-9H2,1H3. The highest BCUT2D eigenvalue weighted by Gasteiger charge is 2.35. The van der Waals surface area contributed by atoms with Crippen molar-refractivity contribution < 1.29 is 22.3 Å². The van der Waals surface area contributed by atoms with Crippen molar-refractivity contribution in [3.05, 3.63) is 63.9 Å². The summed E-state index contributed by atoms with van der Waals surface area (Å²) in [6.07, 6.45) is -4.56. The lowest BCUT2D eigenvalue weighted by molar-refractivity contribution is -0.137. The number of hydrogen-bond donors (Lipinski definition) is 1. The lowest BCUT2D eigenvalue weighted by atomic mass is 9.94. The molecule has 0 radical (unpaired) electrons. The number of benzene rings is 2. The molecule has 0 saturated carbocycles. The fraction of sp³-hybridized carbons (Fsp3) is 0.368. The molecule has 3 nitrogen and oxygen atoms in total. The van der Waals surface area contributed by atoms with Crippen LogP contribution in [0.15, 0.2) is 36.4 Å². The van der Waals surface area contributed by atoms with Crippen LogP contribution >= 0.6 is 11.6 Å². The van der Waals surface area contributed by atoms with Crippen molar-refractivity contribution in [1.82, 2.24) is 10.2 Å². The molecule has 0 aliphatic carbocycles. The zero-order chi connectivity index (χ0) is 19.6. The second kappa shape index (κ2) is 8.04. The number of rotatable bonds is 4. The molecule has 2 aromatic carbocycles. The van der Waals surface area contributed by atoms with Crippen molar-refractivity contribution >= 4 is 11.6 Å². The largest absolute Gasteiger partial charge is 0.494 e. The first-order valence-electron chi connectivity index (χ1n) is 8.46. The Labute approximate surface area is 159 Å². The van der Waals surface area contributed by atoms with E-state index in [0.717, 1.165) is 6.07 Å². The molecule has 1 fully saturated rings. The maximum Gasteiger partial charge on any atom is 0.417 e. The minimum Gasteiger partial charge on any atom is -0.494 e. The SMILES string of the molecule is COc1ccc(C(c2ccc(Cl)c(C(F)(F)F)c2)N2CCNCC2)cc1F. The van der Waals surface area contributed by atoms with Crippen LogP contribution in [0.2, 0.25) is 5.02 Å². The first-order valence-corrected chi connectivity index (χ1v) is 8.84. The number of methoxy groups -OCH3 is 1. The predicted molar refractivity (Wildman–Crippen MR) is 95.7 cm³/mol. The van der Waals surface area contributed by atoms with Crippen LogP contribution in [0.1, 0.15) is 22.7 Å². The average Bonchev–Trinajstić information content (AvgIpc) is 2.63. The monoisotopic (exact) mass is 402 g/mol. The molecule has 146 valence electrons. The molecule has 1 atom stereocenters. The third-order valence-corrected chi connectivity index (χ3v) is 4.95. The van der Waals surface area contributed by atoms with Gasteiger partial charge in [-0.1, -0.05) is 23.7 Å². The molecular formula is C19H19ClF4N2O. The van der Waals surface area contributed by atoms with Crippen LogP contribution in [0.3, 0.4) is 0 Å². The van der Waals surface area contributed by atoms with E-state index in [9.17, 15) is 17.6 Å². The van der Waals surface area contributed by atoms with Crippen molar-refractivity contribution in [2.45, 2.75) is 12.2 Å². The van der Waals surface area contributed by atoms with Crippen LogP contribution in [-0.2, 0) is 6.18 Å². The van der Waals surface area contributed by atoms with Crippen molar-refractivity contribution in [3.8, 4) is 5.75 Å². The van der Waals surface area contributed by atoms with Gasteiger partial charge in [-0.25, -0.2) is 4.39 Å². The molecule has 1 saturated heterocycles. The number of halogens is 5. The van der Waals surface area contributed by atoms with E-state index in [1.165, 1.54) is 25.3 Å². The Morgan fingerprint density at radius 2 is 1.70 bits per heavy atom. The summed E-state index contributed by atoms with van der Waals surface area (Å²) in [4.78, 5) is 2.03. The van der Waals surface area contributed by atoms with Gasteiger partial charge >= 0.3 is 6.18 Å². The first-order chi connectivity index (χ1) is 12.8. The van der Waals surface area contributed by atoms with Crippen LogP contribution < -0.4 is 10.1 Å². The molecule has 1 aliphatic heterocycles. The number of ether oxygens (including phenoxy) is 1. The first kappa shape index (κ1) is 19.9. The lowest BCUT2D eigenvalue weighted by Gasteiger charge is -2.36. The third kappa shape index (κ3) is 4.36. The normalized spacial score (nSPS) is 17.0. The second-order valence-electron chi connectivity index (χ2n) is 6.32. The molecule has 8 heteroatoms. The molecule has 1 aliphatic rings. The van der Waals surface area contributed by atoms with Crippen LogP contribution in [0, 0.1) is 5.82 Å². The van der Waals surface area contributed by atoms with Gasteiger partial charge < -0.3 is 10.1 Å². The Hall–Kier alpha value is -1.83. The number of piperazine rings is 1. The van der Waals surface area contributed by atoms with Gasteiger partial charge in [0.1, 0.15) is 0 Å². The highest BCUT2D eigenvalue weighted by Crippen LogP contribution is 2.39. The van der Waals surface area contributed by atoms with Gasteiger partial charge in [0.2, 0.25) is 0 Å². The maximum absolute atomic E-state index is 14.3. The maximum atomic E-state index is 14.3. The summed E-state index contributed by atoms with van der Waals surface area (Å²) in [5.41, 5.74) is 0.0830. The Morgan fingerprint density at radius 3 is 2.30 bits per heavy atom. The quantitative estimate of drug-likeness (QED) is 0.762. The molecule has 1 unspecified atom stereocenters. The number of nitrogens with one attached hydrogen (secondary N) is 1. The van der Waals surface area contributed by atoms with Crippen molar-refractivity contribution in [1.29, 1.82) is 0 Å². The highest BCUT2D eigenvalue weighted by atomic mass is 35.5.